The molecule has 0 radical (unpaired) electrons. The highest BCUT2D eigenvalue weighted by Crippen LogP contribution is 2.53. The molecule has 2 aliphatic heterocycles. The summed E-state index contributed by atoms with van der Waals surface area (Å²) in [6, 6.07) is 4.96. The van der Waals surface area contributed by atoms with Gasteiger partial charge in [0.1, 0.15) is 5.82 Å². The van der Waals surface area contributed by atoms with E-state index in [9.17, 15) is 4.39 Å². The molecule has 4 rings (SSSR count). The van der Waals surface area contributed by atoms with Crippen molar-refractivity contribution >= 4 is 11.4 Å². The fourth-order valence-electron chi connectivity index (χ4n) is 3.93. The van der Waals surface area contributed by atoms with E-state index in [1.165, 1.54) is 12.5 Å². The number of hydrogen-bond acceptors (Lipinski definition) is 4. The maximum absolute atomic E-state index is 14.0. The lowest BCUT2D eigenvalue weighted by Crippen LogP contribution is -2.28. The molecule has 0 aromatic heterocycles. The van der Waals surface area contributed by atoms with Crippen molar-refractivity contribution in [2.75, 3.05) is 36.9 Å². The smallest absolute Gasteiger partial charge is 0.157 e. The van der Waals surface area contributed by atoms with Crippen molar-refractivity contribution in [3.8, 4) is 0 Å². The number of ether oxygens (including phenoxy) is 2. The second kappa shape index (κ2) is 5.70. The van der Waals surface area contributed by atoms with E-state index in [1.807, 2.05) is 0 Å². The lowest BCUT2D eigenvalue weighted by molar-refractivity contribution is -0.165. The highest BCUT2D eigenvalue weighted by molar-refractivity contribution is 5.55. The zero-order chi connectivity index (χ0) is 15.1. The monoisotopic (exact) mass is 306 g/mol. The number of nitrogens with two attached hydrogens (primary N) is 1. The summed E-state index contributed by atoms with van der Waals surface area (Å²) in [4.78, 5) is 2.14. The van der Waals surface area contributed by atoms with Crippen molar-refractivity contribution in [1.82, 2.24) is 0 Å². The molecule has 0 spiro atoms. The first-order chi connectivity index (χ1) is 10.7. The van der Waals surface area contributed by atoms with Crippen LogP contribution in [0.15, 0.2) is 18.2 Å². The number of piperidine rings is 1. The molecule has 5 heteroatoms. The molecule has 2 N–H and O–H groups in total. The summed E-state index contributed by atoms with van der Waals surface area (Å²) in [5.41, 5.74) is 6.76. The molecular weight excluding hydrogens is 283 g/mol. The van der Waals surface area contributed by atoms with Crippen molar-refractivity contribution < 1.29 is 13.9 Å². The highest BCUT2D eigenvalue weighted by Gasteiger charge is 2.56. The van der Waals surface area contributed by atoms with E-state index >= 15 is 0 Å². The number of hydrogen-bond donors (Lipinski definition) is 1. The largest absolute Gasteiger partial charge is 0.399 e. The third kappa shape index (κ3) is 2.68. The Hall–Kier alpha value is -1.33. The molecule has 3 aliphatic rings. The number of nitrogen functional groups attached to an aromatic ring is 1. The van der Waals surface area contributed by atoms with E-state index in [-0.39, 0.29) is 12.1 Å². The average Bonchev–Trinajstić information content (AvgIpc) is 2.97. The van der Waals surface area contributed by atoms with Crippen LogP contribution in [0.4, 0.5) is 15.8 Å². The van der Waals surface area contributed by atoms with Crippen LogP contribution in [0.2, 0.25) is 0 Å². The van der Waals surface area contributed by atoms with Gasteiger partial charge in [0.15, 0.2) is 6.29 Å². The Balaban J connectivity index is 1.28. The van der Waals surface area contributed by atoms with Gasteiger partial charge in [0, 0.05) is 25.4 Å². The van der Waals surface area contributed by atoms with Gasteiger partial charge in [-0.3, -0.25) is 0 Å². The number of halogens is 1. The van der Waals surface area contributed by atoms with Crippen molar-refractivity contribution in [2.24, 2.45) is 17.8 Å². The lowest BCUT2D eigenvalue weighted by atomic mass is 10.2. The van der Waals surface area contributed by atoms with Crippen molar-refractivity contribution in [1.29, 1.82) is 0 Å². The van der Waals surface area contributed by atoms with Crippen molar-refractivity contribution in [3.63, 3.8) is 0 Å². The maximum Gasteiger partial charge on any atom is 0.157 e. The van der Waals surface area contributed by atoms with Gasteiger partial charge in [-0.1, -0.05) is 0 Å². The number of rotatable bonds is 4. The second-order valence-corrected chi connectivity index (χ2v) is 6.74. The predicted octanol–water partition coefficient (Wildman–Crippen LogP) is 2.63. The Bertz CT molecular complexity index is 535. The molecule has 0 amide bonds. The molecular formula is C17H23FN2O2. The summed E-state index contributed by atoms with van der Waals surface area (Å²) in [5, 5.41) is 0. The van der Waals surface area contributed by atoms with Gasteiger partial charge in [-0.15, -0.1) is 0 Å². The molecule has 3 unspecified atom stereocenters. The summed E-state index contributed by atoms with van der Waals surface area (Å²) in [7, 11) is 0. The molecule has 2 heterocycles. The molecule has 1 aliphatic carbocycles. The van der Waals surface area contributed by atoms with Gasteiger partial charge in [0.2, 0.25) is 0 Å². The van der Waals surface area contributed by atoms with Gasteiger partial charge in [-0.05, 0) is 55.2 Å². The first-order valence-electron chi connectivity index (χ1n) is 8.25. The van der Waals surface area contributed by atoms with Crippen molar-refractivity contribution in [2.45, 2.75) is 25.6 Å². The summed E-state index contributed by atoms with van der Waals surface area (Å²) in [5.74, 6) is 1.68. The zero-order valence-corrected chi connectivity index (χ0v) is 12.7. The molecule has 3 fully saturated rings. The third-order valence-electron chi connectivity index (χ3n) is 5.30. The first kappa shape index (κ1) is 14.3. The van der Waals surface area contributed by atoms with E-state index in [1.54, 1.807) is 12.1 Å². The molecule has 0 bridgehead atoms. The topological polar surface area (TPSA) is 47.7 Å². The van der Waals surface area contributed by atoms with Crippen LogP contribution in [0, 0.1) is 23.6 Å². The normalized spacial score (nSPS) is 33.8. The van der Waals surface area contributed by atoms with E-state index in [4.69, 9.17) is 15.2 Å². The van der Waals surface area contributed by atoms with Gasteiger partial charge in [0.05, 0.1) is 12.3 Å². The Morgan fingerprint density at radius 2 is 2.09 bits per heavy atom. The minimum atomic E-state index is -0.218. The molecule has 2 saturated heterocycles. The van der Waals surface area contributed by atoms with Crippen LogP contribution < -0.4 is 10.6 Å². The molecule has 22 heavy (non-hydrogen) atoms. The fourth-order valence-corrected chi connectivity index (χ4v) is 3.93. The van der Waals surface area contributed by atoms with Gasteiger partial charge in [-0.2, -0.15) is 0 Å². The number of nitrogens with zero attached hydrogens (tertiary/aromatic N) is 1. The van der Waals surface area contributed by atoms with Crippen LogP contribution in [0.1, 0.15) is 19.3 Å². The molecule has 1 aromatic rings. The summed E-state index contributed by atoms with van der Waals surface area (Å²) in [6.45, 7) is 3.46. The standard InChI is InChI=1S/C17H23FN2O2/c18-15-7-11(19)4-5-16(15)20-8-12-13(9-20)14(12)10-22-17-3-1-2-6-21-17/h4-5,7,12-14,17H,1-3,6,8-10,19H2. The Morgan fingerprint density at radius 1 is 1.27 bits per heavy atom. The molecule has 3 atom stereocenters. The van der Waals surface area contributed by atoms with E-state index in [0.717, 1.165) is 39.1 Å². The van der Waals surface area contributed by atoms with E-state index in [2.05, 4.69) is 4.90 Å². The van der Waals surface area contributed by atoms with Crippen LogP contribution in [0.3, 0.4) is 0 Å². The first-order valence-corrected chi connectivity index (χ1v) is 8.25. The van der Waals surface area contributed by atoms with Crippen LogP contribution in [0.5, 0.6) is 0 Å². The van der Waals surface area contributed by atoms with Gasteiger partial charge >= 0.3 is 0 Å². The van der Waals surface area contributed by atoms with Crippen LogP contribution in [0.25, 0.3) is 0 Å². The Labute approximate surface area is 130 Å². The Kier molecular flexibility index (Phi) is 3.70. The summed E-state index contributed by atoms with van der Waals surface area (Å²) >= 11 is 0. The molecule has 1 aromatic carbocycles. The molecule has 4 nitrogen and oxygen atoms in total. The summed E-state index contributed by atoms with van der Waals surface area (Å²) < 4.78 is 25.5. The SMILES string of the molecule is Nc1ccc(N2CC3C(COC4CCCCO4)C3C2)c(F)c1. The van der Waals surface area contributed by atoms with Crippen molar-refractivity contribution in [3.05, 3.63) is 24.0 Å². The lowest BCUT2D eigenvalue weighted by Gasteiger charge is -2.25. The van der Waals surface area contributed by atoms with Crippen LogP contribution in [-0.4, -0.2) is 32.6 Å². The van der Waals surface area contributed by atoms with E-state index in [0.29, 0.717) is 29.1 Å². The number of benzene rings is 1. The minimum absolute atomic E-state index is 0.000669. The van der Waals surface area contributed by atoms with E-state index < -0.39 is 0 Å². The van der Waals surface area contributed by atoms with Gasteiger partial charge in [0.25, 0.3) is 0 Å². The van der Waals surface area contributed by atoms with Gasteiger partial charge in [-0.25, -0.2) is 4.39 Å². The number of fused-ring (bicyclic) bond motifs is 1. The molecule has 120 valence electrons. The highest BCUT2D eigenvalue weighted by atomic mass is 19.1. The number of anilines is 2. The Morgan fingerprint density at radius 3 is 2.77 bits per heavy atom. The predicted molar refractivity (Wildman–Crippen MR) is 83.0 cm³/mol. The van der Waals surface area contributed by atoms with Crippen LogP contribution >= 0.6 is 0 Å². The fraction of sp³-hybridized carbons (Fsp3) is 0.647. The average molecular weight is 306 g/mol. The minimum Gasteiger partial charge on any atom is -0.399 e. The second-order valence-electron chi connectivity index (χ2n) is 6.74. The quantitative estimate of drug-likeness (QED) is 0.869. The zero-order valence-electron chi connectivity index (χ0n) is 12.7. The maximum atomic E-state index is 14.0. The van der Waals surface area contributed by atoms with Gasteiger partial charge < -0.3 is 20.1 Å². The molecule has 1 saturated carbocycles. The summed E-state index contributed by atoms with van der Waals surface area (Å²) in [6.07, 6.45) is 3.37. The van der Waals surface area contributed by atoms with Crippen LogP contribution in [-0.2, 0) is 9.47 Å². The third-order valence-corrected chi connectivity index (χ3v) is 5.30.